The van der Waals surface area contributed by atoms with Crippen molar-refractivity contribution in [3.05, 3.63) is 182 Å². The summed E-state index contributed by atoms with van der Waals surface area (Å²) in [6.07, 6.45) is 0. The fourth-order valence-electron chi connectivity index (χ4n) is 11.2. The van der Waals surface area contributed by atoms with E-state index >= 15 is 0 Å². The molecule has 0 aliphatic rings. The van der Waals surface area contributed by atoms with Crippen LogP contribution in [0.4, 0.5) is 0 Å². The average Bonchev–Trinajstić information content (AvgIpc) is 3.26. The van der Waals surface area contributed by atoms with Gasteiger partial charge in [0.25, 0.3) is 0 Å². The number of hydrogen-bond acceptors (Lipinski definition) is 0. The zero-order valence-electron chi connectivity index (χ0n) is 30.3. The van der Waals surface area contributed by atoms with Crippen LogP contribution in [-0.4, -0.2) is 0 Å². The zero-order valence-corrected chi connectivity index (χ0v) is 30.3. The zero-order chi connectivity index (χ0) is 36.2. The molecule has 0 spiro atoms. The highest BCUT2D eigenvalue weighted by Gasteiger charge is 2.26. The van der Waals surface area contributed by atoms with E-state index < -0.39 is 0 Å². The summed E-state index contributed by atoms with van der Waals surface area (Å²) in [4.78, 5) is 0. The Hall–Kier alpha value is -7.28. The van der Waals surface area contributed by atoms with Crippen LogP contribution < -0.4 is 0 Å². The maximum absolute atomic E-state index is 2.40. The Kier molecular flexibility index (Phi) is 5.34. The van der Waals surface area contributed by atoms with E-state index in [0.29, 0.717) is 0 Å². The summed E-state index contributed by atoms with van der Waals surface area (Å²) >= 11 is 0. The highest BCUT2D eigenvalue weighted by atomic mass is 14.3. The first kappa shape index (κ1) is 29.1. The van der Waals surface area contributed by atoms with Crippen LogP contribution in [0.5, 0.6) is 0 Å². The van der Waals surface area contributed by atoms with Gasteiger partial charge in [0.1, 0.15) is 0 Å². The van der Waals surface area contributed by atoms with Crippen LogP contribution in [-0.2, 0) is 0 Å². The molecule has 0 N–H and O–H groups in total. The maximum Gasteiger partial charge on any atom is -0.000741 e. The largest absolute Gasteiger partial charge is 0.0616 e. The van der Waals surface area contributed by atoms with E-state index in [4.69, 9.17) is 0 Å². The molecule has 0 nitrogen and oxygen atoms in total. The summed E-state index contributed by atoms with van der Waals surface area (Å²) in [5.41, 5.74) is 2.64. The molecule has 0 fully saturated rings. The third-order valence-corrected chi connectivity index (χ3v) is 13.2. The lowest BCUT2D eigenvalue weighted by atomic mass is 9.78. The third kappa shape index (κ3) is 3.43. The molecule has 0 aromatic heterocycles. The first-order valence-electron chi connectivity index (χ1n) is 19.7. The van der Waals surface area contributed by atoms with Crippen LogP contribution in [0.2, 0.25) is 0 Å². The van der Waals surface area contributed by atoms with Gasteiger partial charge in [0.05, 0.1) is 0 Å². The van der Waals surface area contributed by atoms with Crippen molar-refractivity contribution in [2.24, 2.45) is 0 Å². The van der Waals surface area contributed by atoms with Crippen molar-refractivity contribution in [3.8, 4) is 11.1 Å². The molecule has 0 heteroatoms. The van der Waals surface area contributed by atoms with Gasteiger partial charge in [0.15, 0.2) is 0 Å². The fraction of sp³-hybridized carbons (Fsp3) is 0. The van der Waals surface area contributed by atoms with Crippen molar-refractivity contribution in [2.45, 2.75) is 0 Å². The monoisotopic (exact) mass is 702 g/mol. The molecule has 254 valence electrons. The van der Waals surface area contributed by atoms with Gasteiger partial charge in [-0.1, -0.05) is 170 Å². The van der Waals surface area contributed by atoms with E-state index in [0.717, 1.165) is 0 Å². The highest BCUT2D eigenvalue weighted by molar-refractivity contribution is 6.48. The summed E-state index contributed by atoms with van der Waals surface area (Å²) < 4.78 is 0. The van der Waals surface area contributed by atoms with Gasteiger partial charge in [0.2, 0.25) is 0 Å². The molecule has 0 saturated carbocycles. The van der Waals surface area contributed by atoms with Crippen LogP contribution in [0, 0.1) is 0 Å². The molecule has 0 saturated heterocycles. The van der Waals surface area contributed by atoms with E-state index in [2.05, 4.69) is 182 Å². The summed E-state index contributed by atoms with van der Waals surface area (Å²) in [6.45, 7) is 0. The lowest BCUT2D eigenvalue weighted by molar-refractivity contribution is 1.75. The minimum atomic E-state index is 1.28. The first-order chi connectivity index (χ1) is 27.8. The minimum Gasteiger partial charge on any atom is -0.0616 e. The van der Waals surface area contributed by atoms with Gasteiger partial charge in [-0.2, -0.15) is 0 Å². The molecule has 14 rings (SSSR count). The molecule has 0 heterocycles. The van der Waals surface area contributed by atoms with E-state index in [1.165, 1.54) is 140 Å². The molecule has 0 bridgehead atoms. The van der Waals surface area contributed by atoms with E-state index in [1.54, 1.807) is 0 Å². The Bertz CT molecular complexity index is 3770. The second kappa shape index (κ2) is 10.3. The van der Waals surface area contributed by atoms with Crippen molar-refractivity contribution in [1.29, 1.82) is 0 Å². The molecule has 14 aromatic rings. The maximum atomic E-state index is 2.40. The summed E-state index contributed by atoms with van der Waals surface area (Å²) in [7, 11) is 0. The molecule has 14 aromatic carbocycles. The van der Waals surface area contributed by atoms with Crippen molar-refractivity contribution in [1.82, 2.24) is 0 Å². The van der Waals surface area contributed by atoms with Gasteiger partial charge in [-0.3, -0.25) is 0 Å². The van der Waals surface area contributed by atoms with Crippen molar-refractivity contribution >= 4 is 129 Å². The number of rotatable bonds is 1. The average molecular weight is 703 g/mol. The molecule has 56 heavy (non-hydrogen) atoms. The van der Waals surface area contributed by atoms with E-state index in [9.17, 15) is 0 Å². The Balaban J connectivity index is 1.29. The minimum absolute atomic E-state index is 1.28. The molecule has 0 atom stereocenters. The highest BCUT2D eigenvalue weighted by Crippen LogP contribution is 2.54. The van der Waals surface area contributed by atoms with Crippen molar-refractivity contribution in [3.63, 3.8) is 0 Å². The molecule has 0 radical (unpaired) electrons. The van der Waals surface area contributed by atoms with Crippen LogP contribution in [0.3, 0.4) is 0 Å². The summed E-state index contributed by atoms with van der Waals surface area (Å²) in [6, 6.07) is 69.0. The summed E-state index contributed by atoms with van der Waals surface area (Å²) in [5, 5.41) is 31.7. The van der Waals surface area contributed by atoms with Crippen molar-refractivity contribution in [2.75, 3.05) is 0 Å². The van der Waals surface area contributed by atoms with Gasteiger partial charge in [-0.25, -0.2) is 0 Å². The van der Waals surface area contributed by atoms with Gasteiger partial charge in [0, 0.05) is 0 Å². The van der Waals surface area contributed by atoms with E-state index in [-0.39, 0.29) is 0 Å². The normalized spacial score (nSPS) is 12.6. The van der Waals surface area contributed by atoms with Crippen LogP contribution in [0.15, 0.2) is 182 Å². The van der Waals surface area contributed by atoms with Crippen LogP contribution in [0.1, 0.15) is 0 Å². The van der Waals surface area contributed by atoms with Gasteiger partial charge in [-0.05, 0) is 153 Å². The van der Waals surface area contributed by atoms with Crippen LogP contribution in [0.25, 0.3) is 140 Å². The number of fused-ring (bicyclic) bond motifs is 12. The lowest BCUT2D eigenvalue weighted by Gasteiger charge is -2.24. The van der Waals surface area contributed by atoms with Gasteiger partial charge in [-0.15, -0.1) is 0 Å². The second-order valence-corrected chi connectivity index (χ2v) is 15.8. The van der Waals surface area contributed by atoms with Gasteiger partial charge >= 0.3 is 0 Å². The predicted molar refractivity (Wildman–Crippen MR) is 244 cm³/mol. The topological polar surface area (TPSA) is 0 Å². The Morgan fingerprint density at radius 2 is 0.429 bits per heavy atom. The Morgan fingerprint density at radius 3 is 0.875 bits per heavy atom. The first-order valence-corrected chi connectivity index (χ1v) is 19.7. The number of benzene rings is 14. The van der Waals surface area contributed by atoms with Crippen molar-refractivity contribution < 1.29 is 0 Å². The molecule has 0 aliphatic heterocycles. The predicted octanol–water partition coefficient (Wildman–Crippen LogP) is 16.1. The Labute approximate surface area is 321 Å². The summed E-state index contributed by atoms with van der Waals surface area (Å²) in [5.74, 6) is 0. The van der Waals surface area contributed by atoms with E-state index in [1.807, 2.05) is 0 Å². The Morgan fingerprint density at radius 1 is 0.161 bits per heavy atom. The SMILES string of the molecule is c1ccc2c(c1)cc1cccc3c4cccc5c(-c6c7ccccc7c7c8c6cccc8c6cccc8cc9ccccc9c7c86)c6ccccc6c(c54)c2c13. The smallest absolute Gasteiger partial charge is 0.000741 e. The van der Waals surface area contributed by atoms with Crippen LogP contribution >= 0.6 is 0 Å². The molecular formula is C56H30. The second-order valence-electron chi connectivity index (χ2n) is 15.8. The standard InChI is InChI=1S/C56H30/c1-3-17-35-31(13-1)29-33-15-9-23-37-41-25-11-27-45-49(39-19-5-7-21-43(39)55(51(41)45)53(35)47(33)37)50-40-20-6-8-22-44(40)56-52-42(26-12-28-46(50)52)38-24-10-16-34-30-32-14-2-4-18-36(32)54(56)48(34)38/h1-30H. The third-order valence-electron chi connectivity index (χ3n) is 13.2. The lowest BCUT2D eigenvalue weighted by Crippen LogP contribution is -1.96. The molecule has 0 amide bonds. The number of hydrogen-bond donors (Lipinski definition) is 0. The van der Waals surface area contributed by atoms with Gasteiger partial charge < -0.3 is 0 Å². The molecule has 0 unspecified atom stereocenters. The quantitative estimate of drug-likeness (QED) is 0.118. The molecular weight excluding hydrogens is 673 g/mol. The fourth-order valence-corrected chi connectivity index (χ4v) is 11.2. The molecule has 0 aliphatic carbocycles.